The lowest BCUT2D eigenvalue weighted by molar-refractivity contribution is 0.0600. The first-order chi connectivity index (χ1) is 9.31. The van der Waals surface area contributed by atoms with Gasteiger partial charge in [0, 0.05) is 6.04 Å². The summed E-state index contributed by atoms with van der Waals surface area (Å²) in [4.78, 5) is 11.2. The van der Waals surface area contributed by atoms with Crippen LogP contribution in [0.25, 0.3) is 0 Å². The first-order valence-electron chi connectivity index (χ1n) is 5.59. The number of benzene rings is 1. The second-order valence-electron chi connectivity index (χ2n) is 4.02. The van der Waals surface area contributed by atoms with E-state index >= 15 is 0 Å². The molecule has 0 spiro atoms. The molecule has 0 heterocycles. The Labute approximate surface area is 122 Å². The second kappa shape index (κ2) is 6.70. The Bertz CT molecular complexity index is 652. The first kappa shape index (κ1) is 16.4. The third-order valence-corrected chi connectivity index (χ3v) is 4.47. The van der Waals surface area contributed by atoms with E-state index in [2.05, 4.69) is 9.46 Å². The summed E-state index contributed by atoms with van der Waals surface area (Å²) in [5.41, 5.74) is 0.154. The van der Waals surface area contributed by atoms with Crippen LogP contribution in [0.1, 0.15) is 23.7 Å². The second-order valence-corrected chi connectivity index (χ2v) is 6.11. The Morgan fingerprint density at radius 1 is 1.55 bits per heavy atom. The zero-order valence-electron chi connectivity index (χ0n) is 10.9. The van der Waals surface area contributed by atoms with Crippen LogP contribution < -0.4 is 4.72 Å². The van der Waals surface area contributed by atoms with Gasteiger partial charge < -0.3 is 4.74 Å². The van der Waals surface area contributed by atoms with Crippen molar-refractivity contribution < 1.29 is 17.9 Å². The highest BCUT2D eigenvalue weighted by Crippen LogP contribution is 2.23. The maximum absolute atomic E-state index is 12.1. The van der Waals surface area contributed by atoms with Crippen molar-refractivity contribution in [1.82, 2.24) is 4.72 Å². The molecule has 1 N–H and O–H groups in total. The van der Waals surface area contributed by atoms with Gasteiger partial charge in [-0.2, -0.15) is 5.26 Å². The minimum Gasteiger partial charge on any atom is -0.465 e. The number of rotatable bonds is 5. The van der Waals surface area contributed by atoms with Crippen molar-refractivity contribution in [3.63, 3.8) is 0 Å². The van der Waals surface area contributed by atoms with E-state index in [0.29, 0.717) is 0 Å². The molecule has 0 bridgehead atoms. The van der Waals surface area contributed by atoms with Gasteiger partial charge in [-0.05, 0) is 25.1 Å². The van der Waals surface area contributed by atoms with E-state index in [1.165, 1.54) is 25.3 Å². The largest absolute Gasteiger partial charge is 0.465 e. The maximum Gasteiger partial charge on any atom is 0.337 e. The molecule has 8 heteroatoms. The molecule has 0 aliphatic rings. The summed E-state index contributed by atoms with van der Waals surface area (Å²) in [7, 11) is -2.63. The van der Waals surface area contributed by atoms with Crippen LogP contribution in [0.5, 0.6) is 0 Å². The van der Waals surface area contributed by atoms with Crippen LogP contribution in [0.2, 0.25) is 5.02 Å². The Balaban J connectivity index is 3.08. The predicted molar refractivity (Wildman–Crippen MR) is 72.8 cm³/mol. The molecule has 0 aromatic heterocycles. The molecule has 0 fully saturated rings. The van der Waals surface area contributed by atoms with Crippen molar-refractivity contribution in [3.05, 3.63) is 28.8 Å². The van der Waals surface area contributed by atoms with Gasteiger partial charge in [-0.25, -0.2) is 17.9 Å². The van der Waals surface area contributed by atoms with Gasteiger partial charge in [-0.1, -0.05) is 11.6 Å². The van der Waals surface area contributed by atoms with Crippen LogP contribution in [-0.2, 0) is 14.8 Å². The summed E-state index contributed by atoms with van der Waals surface area (Å²) in [5.74, 6) is -0.610. The molecule has 1 unspecified atom stereocenters. The Morgan fingerprint density at radius 3 is 2.70 bits per heavy atom. The number of carbonyl (C=O) groups excluding carboxylic acids is 1. The number of ether oxygens (including phenoxy) is 1. The molecular weight excluding hydrogens is 304 g/mol. The van der Waals surface area contributed by atoms with Gasteiger partial charge in [0.1, 0.15) is 4.90 Å². The summed E-state index contributed by atoms with van der Waals surface area (Å²) in [5, 5.41) is 8.43. The predicted octanol–water partition coefficient (Wildman–Crippen LogP) is 1.71. The number of hydrogen-bond donors (Lipinski definition) is 1. The van der Waals surface area contributed by atoms with E-state index in [0.717, 1.165) is 0 Å². The topological polar surface area (TPSA) is 96.3 Å². The molecule has 1 aromatic carbocycles. The Hall–Kier alpha value is -1.62. The zero-order valence-corrected chi connectivity index (χ0v) is 12.5. The van der Waals surface area contributed by atoms with E-state index in [1.54, 1.807) is 6.92 Å². The van der Waals surface area contributed by atoms with Crippen molar-refractivity contribution in [2.24, 2.45) is 0 Å². The molecule has 0 aliphatic heterocycles. The van der Waals surface area contributed by atoms with Gasteiger partial charge >= 0.3 is 5.97 Å². The maximum atomic E-state index is 12.1. The number of nitrogens with zero attached hydrogens (tertiary/aromatic N) is 1. The van der Waals surface area contributed by atoms with Gasteiger partial charge in [-0.15, -0.1) is 0 Å². The summed E-state index contributed by atoms with van der Waals surface area (Å²) < 4.78 is 31.0. The first-order valence-corrected chi connectivity index (χ1v) is 7.45. The van der Waals surface area contributed by atoms with Crippen molar-refractivity contribution in [2.45, 2.75) is 24.3 Å². The summed E-state index contributed by atoms with van der Waals surface area (Å²) in [6.07, 6.45) is 0.0388. The fraction of sp³-hybridized carbons (Fsp3) is 0.333. The number of sulfonamides is 1. The van der Waals surface area contributed by atoms with Crippen LogP contribution in [0, 0.1) is 11.3 Å². The SMILES string of the molecule is COC(=O)c1ccc(S(=O)(=O)NC(C)CC#N)c(Cl)c1. The third-order valence-electron chi connectivity index (χ3n) is 2.40. The fourth-order valence-electron chi connectivity index (χ4n) is 1.47. The number of nitriles is 1. The van der Waals surface area contributed by atoms with Gasteiger partial charge in [-0.3, -0.25) is 0 Å². The normalized spacial score (nSPS) is 12.5. The molecule has 0 saturated heterocycles. The standard InChI is InChI=1S/C12H13ClN2O4S/c1-8(5-6-14)15-20(17,18)11-4-3-9(7-10(11)13)12(16)19-2/h3-4,7-8,15H,5H2,1-2H3. The molecule has 1 aromatic rings. The molecule has 20 heavy (non-hydrogen) atoms. The lowest BCUT2D eigenvalue weighted by Gasteiger charge is -2.12. The molecule has 108 valence electrons. The highest BCUT2D eigenvalue weighted by molar-refractivity contribution is 7.89. The monoisotopic (exact) mass is 316 g/mol. The van der Waals surface area contributed by atoms with Gasteiger partial charge in [0.25, 0.3) is 0 Å². The molecule has 1 rings (SSSR count). The quantitative estimate of drug-likeness (QED) is 0.834. The van der Waals surface area contributed by atoms with Crippen LogP contribution >= 0.6 is 11.6 Å². The molecule has 0 aliphatic carbocycles. The number of methoxy groups -OCH3 is 1. The average molecular weight is 317 g/mol. The van der Waals surface area contributed by atoms with Crippen molar-refractivity contribution in [2.75, 3.05) is 7.11 Å². The van der Waals surface area contributed by atoms with Crippen LogP contribution in [0.4, 0.5) is 0 Å². The number of hydrogen-bond acceptors (Lipinski definition) is 5. The lowest BCUT2D eigenvalue weighted by atomic mass is 10.2. The smallest absolute Gasteiger partial charge is 0.337 e. The van der Waals surface area contributed by atoms with Gasteiger partial charge in [0.2, 0.25) is 10.0 Å². The van der Waals surface area contributed by atoms with Gasteiger partial charge in [0.15, 0.2) is 0 Å². The molecule has 0 amide bonds. The van der Waals surface area contributed by atoms with E-state index in [1.807, 2.05) is 6.07 Å². The van der Waals surface area contributed by atoms with Crippen molar-refractivity contribution in [3.8, 4) is 6.07 Å². The summed E-state index contributed by atoms with van der Waals surface area (Å²) >= 11 is 5.88. The van der Waals surface area contributed by atoms with E-state index in [-0.39, 0.29) is 21.9 Å². The van der Waals surface area contributed by atoms with Crippen LogP contribution in [0.3, 0.4) is 0 Å². The summed E-state index contributed by atoms with van der Waals surface area (Å²) in [6, 6.07) is 5.07. The van der Waals surface area contributed by atoms with E-state index in [9.17, 15) is 13.2 Å². The average Bonchev–Trinajstić information content (AvgIpc) is 2.36. The molecule has 0 radical (unpaired) electrons. The van der Waals surface area contributed by atoms with Crippen LogP contribution in [0.15, 0.2) is 23.1 Å². The zero-order chi connectivity index (χ0) is 15.3. The minimum absolute atomic E-state index is 0.0388. The number of carbonyl (C=O) groups is 1. The highest BCUT2D eigenvalue weighted by atomic mass is 35.5. The van der Waals surface area contributed by atoms with Crippen molar-refractivity contribution in [1.29, 1.82) is 5.26 Å². The Morgan fingerprint density at radius 2 is 2.20 bits per heavy atom. The molecule has 6 nitrogen and oxygen atoms in total. The van der Waals surface area contributed by atoms with Crippen LogP contribution in [-0.4, -0.2) is 27.5 Å². The van der Waals surface area contributed by atoms with Crippen molar-refractivity contribution >= 4 is 27.6 Å². The van der Waals surface area contributed by atoms with Gasteiger partial charge in [0.05, 0.1) is 30.2 Å². The molecule has 0 saturated carbocycles. The highest BCUT2D eigenvalue weighted by Gasteiger charge is 2.21. The molecule has 1 atom stereocenters. The lowest BCUT2D eigenvalue weighted by Crippen LogP contribution is -2.32. The Kier molecular flexibility index (Phi) is 5.51. The molecular formula is C12H13ClN2O4S. The fourth-order valence-corrected chi connectivity index (χ4v) is 3.26. The number of halogens is 1. The minimum atomic E-state index is -3.85. The third kappa shape index (κ3) is 3.93. The summed E-state index contributed by atoms with van der Waals surface area (Å²) in [6.45, 7) is 1.57. The van der Waals surface area contributed by atoms with E-state index in [4.69, 9.17) is 16.9 Å². The number of nitrogens with one attached hydrogen (secondary N) is 1. The number of esters is 1. The van der Waals surface area contributed by atoms with E-state index < -0.39 is 22.0 Å².